The average Bonchev–Trinajstić information content (AvgIpc) is 2.62. The number of halogens is 3. The molecule has 0 saturated carbocycles. The summed E-state index contributed by atoms with van der Waals surface area (Å²) in [5, 5.41) is 0. The number of rotatable bonds is 8. The molecule has 0 saturated heterocycles. The number of nitrogens with one attached hydrogen (secondary N) is 1. The van der Waals surface area contributed by atoms with Gasteiger partial charge in [0, 0.05) is 12.1 Å². The Labute approximate surface area is 162 Å². The molecule has 0 bridgehead atoms. The van der Waals surface area contributed by atoms with E-state index in [9.17, 15) is 21.6 Å². The van der Waals surface area contributed by atoms with E-state index in [4.69, 9.17) is 9.47 Å². The van der Waals surface area contributed by atoms with Crippen molar-refractivity contribution >= 4 is 10.0 Å². The Bertz CT molecular complexity index is 914. The molecule has 0 fully saturated rings. The molecule has 28 heavy (non-hydrogen) atoms. The van der Waals surface area contributed by atoms with Crippen LogP contribution in [0.1, 0.15) is 37.9 Å². The maximum atomic E-state index is 12.9. The topological polar surface area (TPSA) is 64.6 Å². The van der Waals surface area contributed by atoms with Crippen LogP contribution in [0.15, 0.2) is 47.4 Å². The van der Waals surface area contributed by atoms with Crippen molar-refractivity contribution in [1.29, 1.82) is 0 Å². The van der Waals surface area contributed by atoms with Gasteiger partial charge in [-0.1, -0.05) is 12.1 Å². The number of hydrogen-bond donors (Lipinski definition) is 1. The second-order valence-corrected chi connectivity index (χ2v) is 7.65. The molecule has 0 spiro atoms. The fraction of sp³-hybridized carbons (Fsp3) is 0.368. The van der Waals surface area contributed by atoms with E-state index < -0.39 is 27.8 Å². The molecule has 5 nitrogen and oxygen atoms in total. The lowest BCUT2D eigenvalue weighted by Gasteiger charge is -2.17. The maximum absolute atomic E-state index is 12.9. The highest BCUT2D eigenvalue weighted by atomic mass is 32.2. The third-order valence-corrected chi connectivity index (χ3v) is 5.41. The predicted octanol–water partition coefficient (Wildman–Crippen LogP) is 4.54. The normalized spacial score (nSPS) is 13.2. The van der Waals surface area contributed by atoms with E-state index in [-0.39, 0.29) is 16.2 Å². The molecule has 154 valence electrons. The van der Waals surface area contributed by atoms with Crippen molar-refractivity contribution in [3.05, 3.63) is 53.6 Å². The highest BCUT2D eigenvalue weighted by Crippen LogP contribution is 2.32. The van der Waals surface area contributed by atoms with Crippen LogP contribution in [0.5, 0.6) is 11.5 Å². The van der Waals surface area contributed by atoms with Crippen LogP contribution in [0.25, 0.3) is 0 Å². The Kier molecular flexibility index (Phi) is 6.95. The summed E-state index contributed by atoms with van der Waals surface area (Å²) in [7, 11) is -4.00. The minimum absolute atomic E-state index is 0.0711. The highest BCUT2D eigenvalue weighted by Gasteiger charge is 2.31. The molecule has 0 aromatic heterocycles. The van der Waals surface area contributed by atoms with Crippen LogP contribution < -0.4 is 14.2 Å². The molecule has 0 aliphatic rings. The molecule has 0 aliphatic heterocycles. The molecule has 2 aromatic rings. The number of hydrogen-bond acceptors (Lipinski definition) is 4. The minimum Gasteiger partial charge on any atom is -0.490 e. The maximum Gasteiger partial charge on any atom is 0.416 e. The number of benzene rings is 2. The molecule has 0 aliphatic carbocycles. The summed E-state index contributed by atoms with van der Waals surface area (Å²) in [6.07, 6.45) is -4.50. The van der Waals surface area contributed by atoms with Crippen molar-refractivity contribution in [2.75, 3.05) is 13.2 Å². The van der Waals surface area contributed by atoms with E-state index in [0.717, 1.165) is 12.1 Å². The highest BCUT2D eigenvalue weighted by molar-refractivity contribution is 7.89. The SMILES string of the molecule is CCOc1ccc(S(=O)(=O)NC(C)c2cccc(C(F)(F)F)c2)cc1OCC. The van der Waals surface area contributed by atoms with Crippen molar-refractivity contribution in [3.63, 3.8) is 0 Å². The summed E-state index contributed by atoms with van der Waals surface area (Å²) in [5.74, 6) is 0.688. The molecule has 1 N–H and O–H groups in total. The van der Waals surface area contributed by atoms with Gasteiger partial charge in [-0.25, -0.2) is 13.1 Å². The van der Waals surface area contributed by atoms with Crippen molar-refractivity contribution in [2.24, 2.45) is 0 Å². The van der Waals surface area contributed by atoms with Gasteiger partial charge < -0.3 is 9.47 Å². The smallest absolute Gasteiger partial charge is 0.416 e. The molecule has 2 rings (SSSR count). The lowest BCUT2D eigenvalue weighted by Crippen LogP contribution is -2.27. The van der Waals surface area contributed by atoms with Gasteiger partial charge in [0.05, 0.1) is 23.7 Å². The van der Waals surface area contributed by atoms with E-state index in [0.29, 0.717) is 19.0 Å². The van der Waals surface area contributed by atoms with Crippen molar-refractivity contribution in [2.45, 2.75) is 37.9 Å². The van der Waals surface area contributed by atoms with Crippen molar-refractivity contribution in [3.8, 4) is 11.5 Å². The summed E-state index contributed by atoms with van der Waals surface area (Å²) in [6, 6.07) is 7.85. The molecule has 2 aromatic carbocycles. The quantitative estimate of drug-likeness (QED) is 0.685. The molecule has 0 heterocycles. The Morgan fingerprint density at radius 1 is 1.00 bits per heavy atom. The molecule has 9 heteroatoms. The van der Waals surface area contributed by atoms with Gasteiger partial charge in [-0.05, 0) is 50.6 Å². The van der Waals surface area contributed by atoms with Crippen LogP contribution in [-0.2, 0) is 16.2 Å². The van der Waals surface area contributed by atoms with Crippen LogP contribution in [0.4, 0.5) is 13.2 Å². The summed E-state index contributed by atoms with van der Waals surface area (Å²) < 4.78 is 77.3. The Hall–Kier alpha value is -2.26. The number of ether oxygens (including phenoxy) is 2. The van der Waals surface area contributed by atoms with E-state index in [2.05, 4.69) is 4.72 Å². The first-order chi connectivity index (χ1) is 13.1. The Balaban J connectivity index is 2.29. The molecular formula is C19H22F3NO4S. The van der Waals surface area contributed by atoms with Gasteiger partial charge in [0.15, 0.2) is 11.5 Å². The molecule has 0 radical (unpaired) electrons. The Morgan fingerprint density at radius 2 is 1.64 bits per heavy atom. The van der Waals surface area contributed by atoms with Gasteiger partial charge in [0.2, 0.25) is 10.0 Å². The number of alkyl halides is 3. The van der Waals surface area contributed by atoms with E-state index >= 15 is 0 Å². The minimum atomic E-state index is -4.50. The first-order valence-corrected chi connectivity index (χ1v) is 10.2. The van der Waals surface area contributed by atoms with Gasteiger partial charge in [0.25, 0.3) is 0 Å². The Morgan fingerprint density at radius 3 is 2.25 bits per heavy atom. The lowest BCUT2D eigenvalue weighted by atomic mass is 10.1. The first-order valence-electron chi connectivity index (χ1n) is 8.67. The van der Waals surface area contributed by atoms with Gasteiger partial charge in [-0.2, -0.15) is 13.2 Å². The van der Waals surface area contributed by atoms with E-state index in [1.807, 2.05) is 0 Å². The largest absolute Gasteiger partial charge is 0.490 e. The van der Waals surface area contributed by atoms with Gasteiger partial charge in [0.1, 0.15) is 0 Å². The van der Waals surface area contributed by atoms with Crippen LogP contribution in [0, 0.1) is 0 Å². The van der Waals surface area contributed by atoms with Crippen LogP contribution in [0.3, 0.4) is 0 Å². The summed E-state index contributed by atoms with van der Waals surface area (Å²) >= 11 is 0. The van der Waals surface area contributed by atoms with Gasteiger partial charge in [-0.15, -0.1) is 0 Å². The van der Waals surface area contributed by atoms with Crippen LogP contribution in [0.2, 0.25) is 0 Å². The molecular weight excluding hydrogens is 395 g/mol. The average molecular weight is 417 g/mol. The van der Waals surface area contributed by atoms with Crippen LogP contribution in [-0.4, -0.2) is 21.6 Å². The molecule has 0 amide bonds. The summed E-state index contributed by atoms with van der Waals surface area (Å²) in [5.41, 5.74) is -0.634. The monoisotopic (exact) mass is 417 g/mol. The van der Waals surface area contributed by atoms with Crippen LogP contribution >= 0.6 is 0 Å². The summed E-state index contributed by atoms with van der Waals surface area (Å²) in [6.45, 7) is 5.73. The van der Waals surface area contributed by atoms with Crippen molar-refractivity contribution in [1.82, 2.24) is 4.72 Å². The zero-order valence-electron chi connectivity index (χ0n) is 15.7. The van der Waals surface area contributed by atoms with Gasteiger partial charge >= 0.3 is 6.18 Å². The van der Waals surface area contributed by atoms with Gasteiger partial charge in [-0.3, -0.25) is 0 Å². The summed E-state index contributed by atoms with van der Waals surface area (Å²) in [4.78, 5) is -0.0711. The standard InChI is InChI=1S/C19H22F3NO4S/c1-4-26-17-10-9-16(12-18(17)27-5-2)28(24,25)23-13(3)14-7-6-8-15(11-14)19(20,21)22/h6-13,23H,4-5H2,1-3H3. The number of sulfonamides is 1. The second-order valence-electron chi connectivity index (χ2n) is 5.94. The third-order valence-electron chi connectivity index (χ3n) is 3.87. The second kappa shape index (κ2) is 8.83. The fourth-order valence-electron chi connectivity index (χ4n) is 2.55. The predicted molar refractivity (Wildman–Crippen MR) is 99.0 cm³/mol. The van der Waals surface area contributed by atoms with E-state index in [1.54, 1.807) is 13.8 Å². The zero-order valence-corrected chi connectivity index (χ0v) is 16.5. The molecule has 1 atom stereocenters. The zero-order chi connectivity index (χ0) is 20.9. The first kappa shape index (κ1) is 22.0. The lowest BCUT2D eigenvalue weighted by molar-refractivity contribution is -0.137. The third kappa shape index (κ3) is 5.39. The van der Waals surface area contributed by atoms with Crippen molar-refractivity contribution < 1.29 is 31.1 Å². The fourth-order valence-corrected chi connectivity index (χ4v) is 3.80. The van der Waals surface area contributed by atoms with E-state index in [1.165, 1.54) is 37.3 Å². The molecule has 1 unspecified atom stereocenters.